The lowest BCUT2D eigenvalue weighted by molar-refractivity contribution is 0.0243. The summed E-state index contributed by atoms with van der Waals surface area (Å²) in [4.78, 5) is 4.26. The van der Waals surface area contributed by atoms with Crippen LogP contribution in [0.1, 0.15) is 31.7 Å². The minimum atomic E-state index is -0.0603. The second-order valence-electron chi connectivity index (χ2n) is 5.95. The number of benzene rings is 1. The minimum absolute atomic E-state index is 0.0603. The molecule has 1 fully saturated rings. The third-order valence-electron chi connectivity index (χ3n) is 4.03. The fourth-order valence-electron chi connectivity index (χ4n) is 2.65. The van der Waals surface area contributed by atoms with Gasteiger partial charge in [-0.1, -0.05) is 29.8 Å². The molecule has 1 saturated heterocycles. The molecule has 1 aromatic carbocycles. The number of aliphatic imine (C=N–C) groups is 1. The van der Waals surface area contributed by atoms with Crippen LogP contribution in [0.2, 0.25) is 5.02 Å². The average Bonchev–Trinajstić information content (AvgIpc) is 2.95. The molecule has 0 amide bonds. The standard InChI is InChI=1S/C17H26ClN3O/c1-17(10-6-12-22-17)13-21-16(19-2)20-11-5-8-14-7-3-4-9-15(14)18/h3-4,7,9H,5-6,8,10-13H2,1-2H3,(H2,19,20,21). The number of nitrogens with zero attached hydrogens (tertiary/aromatic N) is 1. The molecule has 4 nitrogen and oxygen atoms in total. The van der Waals surface area contributed by atoms with Gasteiger partial charge in [0.2, 0.25) is 0 Å². The highest BCUT2D eigenvalue weighted by Crippen LogP contribution is 2.23. The van der Waals surface area contributed by atoms with Crippen molar-refractivity contribution in [1.29, 1.82) is 0 Å². The first-order valence-corrected chi connectivity index (χ1v) is 8.33. The monoisotopic (exact) mass is 323 g/mol. The summed E-state index contributed by atoms with van der Waals surface area (Å²) in [6.45, 7) is 4.67. The van der Waals surface area contributed by atoms with Crippen molar-refractivity contribution in [2.75, 3.05) is 26.7 Å². The van der Waals surface area contributed by atoms with Crippen molar-refractivity contribution in [2.24, 2.45) is 4.99 Å². The normalized spacial score (nSPS) is 21.9. The summed E-state index contributed by atoms with van der Waals surface area (Å²) in [5.74, 6) is 0.830. The lowest BCUT2D eigenvalue weighted by atomic mass is 10.0. The molecule has 1 atom stereocenters. The summed E-state index contributed by atoms with van der Waals surface area (Å²) in [6.07, 6.45) is 4.22. The van der Waals surface area contributed by atoms with E-state index >= 15 is 0 Å². The van der Waals surface area contributed by atoms with Crippen LogP contribution in [0.5, 0.6) is 0 Å². The Kier molecular flexibility index (Phi) is 6.52. The van der Waals surface area contributed by atoms with Crippen LogP contribution in [0.15, 0.2) is 29.3 Å². The molecule has 2 rings (SSSR count). The lowest BCUT2D eigenvalue weighted by Gasteiger charge is -2.24. The number of ether oxygens (including phenoxy) is 1. The molecule has 2 N–H and O–H groups in total. The van der Waals surface area contributed by atoms with Gasteiger partial charge in [0, 0.05) is 31.8 Å². The second-order valence-corrected chi connectivity index (χ2v) is 6.36. The first-order valence-electron chi connectivity index (χ1n) is 7.95. The minimum Gasteiger partial charge on any atom is -0.373 e. The summed E-state index contributed by atoms with van der Waals surface area (Å²) in [5, 5.41) is 7.53. The van der Waals surface area contributed by atoms with Gasteiger partial charge >= 0.3 is 0 Å². The van der Waals surface area contributed by atoms with E-state index in [9.17, 15) is 0 Å². The molecule has 122 valence electrons. The van der Waals surface area contributed by atoms with E-state index in [0.29, 0.717) is 0 Å². The lowest BCUT2D eigenvalue weighted by Crippen LogP contribution is -2.45. The molecular formula is C17H26ClN3O. The Hall–Kier alpha value is -1.26. The molecule has 5 heteroatoms. The Balaban J connectivity index is 1.67. The maximum atomic E-state index is 6.16. The summed E-state index contributed by atoms with van der Waals surface area (Å²) in [5.41, 5.74) is 1.13. The predicted octanol–water partition coefficient (Wildman–Crippen LogP) is 3.01. The zero-order valence-electron chi connectivity index (χ0n) is 13.5. The van der Waals surface area contributed by atoms with Crippen molar-refractivity contribution in [3.05, 3.63) is 34.9 Å². The molecule has 0 bridgehead atoms. The van der Waals surface area contributed by atoms with Gasteiger partial charge in [-0.2, -0.15) is 0 Å². The molecule has 1 aliphatic rings. The fraction of sp³-hybridized carbons (Fsp3) is 0.588. The first kappa shape index (κ1) is 17.1. The van der Waals surface area contributed by atoms with E-state index in [1.54, 1.807) is 7.05 Å². The van der Waals surface area contributed by atoms with E-state index in [2.05, 4.69) is 28.6 Å². The van der Waals surface area contributed by atoms with Gasteiger partial charge in [0.15, 0.2) is 5.96 Å². The van der Waals surface area contributed by atoms with Crippen molar-refractivity contribution in [1.82, 2.24) is 10.6 Å². The Labute approximate surface area is 138 Å². The molecule has 0 aromatic heterocycles. The number of guanidine groups is 1. The SMILES string of the molecule is CN=C(NCCCc1ccccc1Cl)NCC1(C)CCCO1. The van der Waals surface area contributed by atoms with Crippen LogP contribution in [-0.4, -0.2) is 38.3 Å². The Morgan fingerprint density at radius 2 is 2.18 bits per heavy atom. The van der Waals surface area contributed by atoms with Gasteiger partial charge in [0.25, 0.3) is 0 Å². The van der Waals surface area contributed by atoms with Crippen molar-refractivity contribution in [3.63, 3.8) is 0 Å². The van der Waals surface area contributed by atoms with E-state index in [-0.39, 0.29) is 5.60 Å². The van der Waals surface area contributed by atoms with Crippen LogP contribution in [-0.2, 0) is 11.2 Å². The molecule has 0 spiro atoms. The maximum absolute atomic E-state index is 6.16. The molecule has 0 saturated carbocycles. The molecular weight excluding hydrogens is 298 g/mol. The van der Waals surface area contributed by atoms with Crippen LogP contribution in [0, 0.1) is 0 Å². The molecule has 1 unspecified atom stereocenters. The number of halogens is 1. The molecule has 22 heavy (non-hydrogen) atoms. The highest BCUT2D eigenvalue weighted by atomic mass is 35.5. The summed E-state index contributed by atoms with van der Waals surface area (Å²) < 4.78 is 5.77. The van der Waals surface area contributed by atoms with Gasteiger partial charge in [-0.25, -0.2) is 0 Å². The third kappa shape index (κ3) is 5.18. The van der Waals surface area contributed by atoms with Gasteiger partial charge in [0.1, 0.15) is 0 Å². The third-order valence-corrected chi connectivity index (χ3v) is 4.40. The zero-order valence-corrected chi connectivity index (χ0v) is 14.2. The van der Waals surface area contributed by atoms with Crippen molar-refractivity contribution in [3.8, 4) is 0 Å². The topological polar surface area (TPSA) is 45.7 Å². The Bertz CT molecular complexity index is 498. The van der Waals surface area contributed by atoms with E-state index < -0.39 is 0 Å². The number of aryl methyl sites for hydroxylation is 1. The van der Waals surface area contributed by atoms with E-state index in [1.165, 1.54) is 5.56 Å². The van der Waals surface area contributed by atoms with Gasteiger partial charge in [-0.15, -0.1) is 0 Å². The largest absolute Gasteiger partial charge is 0.373 e. The van der Waals surface area contributed by atoms with Crippen molar-refractivity contribution >= 4 is 17.6 Å². The number of hydrogen-bond acceptors (Lipinski definition) is 2. The van der Waals surface area contributed by atoms with E-state index in [0.717, 1.165) is 56.4 Å². The number of hydrogen-bond donors (Lipinski definition) is 2. The Morgan fingerprint density at radius 3 is 2.86 bits per heavy atom. The quantitative estimate of drug-likeness (QED) is 0.480. The van der Waals surface area contributed by atoms with Crippen LogP contribution >= 0.6 is 11.6 Å². The fourth-order valence-corrected chi connectivity index (χ4v) is 2.88. The zero-order chi connectivity index (χ0) is 15.8. The smallest absolute Gasteiger partial charge is 0.191 e. The summed E-state index contributed by atoms with van der Waals surface area (Å²) in [6, 6.07) is 8.00. The van der Waals surface area contributed by atoms with Gasteiger partial charge in [-0.05, 0) is 44.2 Å². The molecule has 1 aromatic rings. The Morgan fingerprint density at radius 1 is 1.36 bits per heavy atom. The molecule has 1 aliphatic heterocycles. The van der Waals surface area contributed by atoms with Crippen LogP contribution in [0.4, 0.5) is 0 Å². The highest BCUT2D eigenvalue weighted by molar-refractivity contribution is 6.31. The summed E-state index contributed by atoms with van der Waals surface area (Å²) >= 11 is 6.16. The average molecular weight is 324 g/mol. The van der Waals surface area contributed by atoms with Crippen molar-refractivity contribution < 1.29 is 4.74 Å². The van der Waals surface area contributed by atoms with Crippen LogP contribution < -0.4 is 10.6 Å². The van der Waals surface area contributed by atoms with Crippen LogP contribution in [0.25, 0.3) is 0 Å². The van der Waals surface area contributed by atoms with Crippen molar-refractivity contribution in [2.45, 2.75) is 38.2 Å². The second kappa shape index (κ2) is 8.39. The molecule has 1 heterocycles. The molecule has 0 radical (unpaired) electrons. The molecule has 0 aliphatic carbocycles. The number of nitrogens with one attached hydrogen (secondary N) is 2. The van der Waals surface area contributed by atoms with E-state index in [1.807, 2.05) is 18.2 Å². The highest BCUT2D eigenvalue weighted by Gasteiger charge is 2.29. The van der Waals surface area contributed by atoms with Gasteiger partial charge in [0.05, 0.1) is 5.60 Å². The van der Waals surface area contributed by atoms with Gasteiger partial charge < -0.3 is 15.4 Å². The summed E-state index contributed by atoms with van der Waals surface area (Å²) in [7, 11) is 1.79. The van der Waals surface area contributed by atoms with E-state index in [4.69, 9.17) is 16.3 Å². The number of rotatable bonds is 6. The first-order chi connectivity index (χ1) is 10.6. The van der Waals surface area contributed by atoms with Crippen LogP contribution in [0.3, 0.4) is 0 Å². The maximum Gasteiger partial charge on any atom is 0.191 e. The predicted molar refractivity (Wildman–Crippen MR) is 92.7 cm³/mol. The van der Waals surface area contributed by atoms with Gasteiger partial charge in [-0.3, -0.25) is 4.99 Å².